The lowest BCUT2D eigenvalue weighted by molar-refractivity contribution is 0.669. The molecule has 224 valence electrons. The average molecular weight is 612 g/mol. The van der Waals surface area contributed by atoms with Crippen molar-refractivity contribution in [2.45, 2.75) is 0 Å². The zero-order valence-electron chi connectivity index (χ0n) is 26.1. The maximum Gasteiger partial charge on any atom is 0.136 e. The Morgan fingerprint density at radius 1 is 0.333 bits per heavy atom. The van der Waals surface area contributed by atoms with Crippen LogP contribution in [0.15, 0.2) is 180 Å². The maximum atomic E-state index is 6.42. The predicted octanol–water partition coefficient (Wildman–Crippen LogP) is 13.3. The molecule has 0 aliphatic heterocycles. The van der Waals surface area contributed by atoms with E-state index in [0.717, 1.165) is 39.0 Å². The molecule has 0 saturated carbocycles. The monoisotopic (exact) mass is 611 g/mol. The van der Waals surface area contributed by atoms with E-state index in [-0.39, 0.29) is 0 Å². The van der Waals surface area contributed by atoms with E-state index in [1.54, 1.807) is 0 Å². The van der Waals surface area contributed by atoms with E-state index in [9.17, 15) is 0 Å². The number of hydrogen-bond donors (Lipinski definition) is 0. The zero-order chi connectivity index (χ0) is 31.6. The molecule has 0 aliphatic carbocycles. The Morgan fingerprint density at radius 2 is 0.938 bits per heavy atom. The standard InChI is InChI=1S/C46H29NO/c1-2-10-30(11-3-1)31-20-22-36(23-21-31)47(37-24-25-44-42(29-37)41-26-33-13-4-5-14-34(33)28-45(41)48-44)43-27-35-19-18-32-12-6-7-15-38(32)46(35)40-17-9-8-16-39(40)43/h1-29H. The molecule has 0 aliphatic rings. The minimum atomic E-state index is 0.887. The normalized spacial score (nSPS) is 11.8. The second kappa shape index (κ2) is 10.6. The lowest BCUT2D eigenvalue weighted by Gasteiger charge is -2.28. The summed E-state index contributed by atoms with van der Waals surface area (Å²) in [5, 5.41) is 12.1. The summed E-state index contributed by atoms with van der Waals surface area (Å²) in [5.41, 5.74) is 7.50. The fraction of sp³-hybridized carbons (Fsp3) is 0. The lowest BCUT2D eigenvalue weighted by atomic mass is 9.94. The summed E-state index contributed by atoms with van der Waals surface area (Å²) in [6, 6.07) is 63.4. The van der Waals surface area contributed by atoms with Gasteiger partial charge >= 0.3 is 0 Å². The van der Waals surface area contributed by atoms with Gasteiger partial charge in [0, 0.05) is 27.5 Å². The van der Waals surface area contributed by atoms with Gasteiger partial charge < -0.3 is 9.32 Å². The lowest BCUT2D eigenvalue weighted by Crippen LogP contribution is -2.10. The molecule has 0 fully saturated rings. The molecular weight excluding hydrogens is 583 g/mol. The number of fused-ring (bicyclic) bond motifs is 9. The van der Waals surface area contributed by atoms with Crippen LogP contribution in [0.1, 0.15) is 0 Å². The number of nitrogens with zero attached hydrogens (tertiary/aromatic N) is 1. The molecule has 0 amide bonds. The molecule has 0 N–H and O–H groups in total. The van der Waals surface area contributed by atoms with E-state index >= 15 is 0 Å². The van der Waals surface area contributed by atoms with Crippen molar-refractivity contribution in [1.82, 2.24) is 0 Å². The predicted molar refractivity (Wildman–Crippen MR) is 204 cm³/mol. The molecule has 2 nitrogen and oxygen atoms in total. The third-order valence-corrected chi connectivity index (χ3v) is 9.78. The van der Waals surface area contributed by atoms with Gasteiger partial charge in [0.15, 0.2) is 0 Å². The molecule has 10 rings (SSSR count). The van der Waals surface area contributed by atoms with Crippen LogP contribution in [0.2, 0.25) is 0 Å². The number of furan rings is 1. The summed E-state index contributed by atoms with van der Waals surface area (Å²) in [7, 11) is 0. The van der Waals surface area contributed by atoms with Crippen LogP contribution in [0.25, 0.3) is 76.2 Å². The van der Waals surface area contributed by atoms with Gasteiger partial charge in [0.1, 0.15) is 11.2 Å². The Bertz CT molecular complexity index is 2830. The summed E-state index contributed by atoms with van der Waals surface area (Å²) in [4.78, 5) is 2.41. The summed E-state index contributed by atoms with van der Waals surface area (Å²) in [6.07, 6.45) is 0. The summed E-state index contributed by atoms with van der Waals surface area (Å²) in [6.45, 7) is 0. The third-order valence-electron chi connectivity index (χ3n) is 9.78. The highest BCUT2D eigenvalue weighted by atomic mass is 16.3. The Kier molecular flexibility index (Phi) is 5.91. The Balaban J connectivity index is 1.25. The summed E-state index contributed by atoms with van der Waals surface area (Å²) in [5.74, 6) is 0. The molecule has 9 aromatic carbocycles. The molecular formula is C46H29NO. The van der Waals surface area contributed by atoms with E-state index in [1.165, 1.54) is 54.2 Å². The van der Waals surface area contributed by atoms with Crippen LogP contribution >= 0.6 is 0 Å². The van der Waals surface area contributed by atoms with Crippen molar-refractivity contribution in [1.29, 1.82) is 0 Å². The van der Waals surface area contributed by atoms with Crippen LogP contribution in [0.5, 0.6) is 0 Å². The van der Waals surface area contributed by atoms with Gasteiger partial charge in [0.25, 0.3) is 0 Å². The number of anilines is 3. The van der Waals surface area contributed by atoms with Crippen molar-refractivity contribution in [3.05, 3.63) is 176 Å². The van der Waals surface area contributed by atoms with Gasteiger partial charge in [-0.2, -0.15) is 0 Å². The minimum absolute atomic E-state index is 0.887. The van der Waals surface area contributed by atoms with Crippen LogP contribution in [-0.2, 0) is 0 Å². The fourth-order valence-corrected chi connectivity index (χ4v) is 7.49. The van der Waals surface area contributed by atoms with Crippen LogP contribution in [0.4, 0.5) is 17.1 Å². The number of hydrogen-bond acceptors (Lipinski definition) is 2. The first-order valence-electron chi connectivity index (χ1n) is 16.4. The quantitative estimate of drug-likeness (QED) is 0.184. The highest BCUT2D eigenvalue weighted by Crippen LogP contribution is 2.45. The first-order chi connectivity index (χ1) is 23.8. The Hall–Kier alpha value is -6.38. The third kappa shape index (κ3) is 4.20. The van der Waals surface area contributed by atoms with Gasteiger partial charge in [-0.15, -0.1) is 0 Å². The van der Waals surface area contributed by atoms with Crippen LogP contribution in [0, 0.1) is 0 Å². The smallest absolute Gasteiger partial charge is 0.136 e. The van der Waals surface area contributed by atoms with E-state index in [4.69, 9.17) is 4.42 Å². The Labute approximate surface area is 277 Å². The van der Waals surface area contributed by atoms with Crippen molar-refractivity contribution in [3.8, 4) is 11.1 Å². The fourth-order valence-electron chi connectivity index (χ4n) is 7.49. The molecule has 1 aromatic heterocycles. The van der Waals surface area contributed by atoms with Crippen molar-refractivity contribution in [3.63, 3.8) is 0 Å². The SMILES string of the molecule is c1ccc(-c2ccc(N(c3ccc4oc5cc6ccccc6cc5c4c3)c3cc4ccc5ccccc5c4c4ccccc34)cc2)cc1. The largest absolute Gasteiger partial charge is 0.456 e. The molecule has 0 atom stereocenters. The minimum Gasteiger partial charge on any atom is -0.456 e. The van der Waals surface area contributed by atoms with E-state index in [2.05, 4.69) is 181 Å². The molecule has 48 heavy (non-hydrogen) atoms. The average Bonchev–Trinajstić information content (AvgIpc) is 3.51. The molecule has 0 radical (unpaired) electrons. The molecule has 0 bridgehead atoms. The molecule has 0 unspecified atom stereocenters. The van der Waals surface area contributed by atoms with Gasteiger partial charge in [-0.25, -0.2) is 0 Å². The topological polar surface area (TPSA) is 16.4 Å². The second-order valence-electron chi connectivity index (χ2n) is 12.6. The van der Waals surface area contributed by atoms with Crippen molar-refractivity contribution >= 4 is 82.1 Å². The van der Waals surface area contributed by atoms with Crippen LogP contribution < -0.4 is 4.90 Å². The first-order valence-corrected chi connectivity index (χ1v) is 16.4. The molecule has 10 aromatic rings. The van der Waals surface area contributed by atoms with Gasteiger partial charge in [0.05, 0.1) is 5.69 Å². The zero-order valence-corrected chi connectivity index (χ0v) is 26.1. The summed E-state index contributed by atoms with van der Waals surface area (Å²) >= 11 is 0. The van der Waals surface area contributed by atoms with Gasteiger partial charge in [-0.3, -0.25) is 0 Å². The second-order valence-corrected chi connectivity index (χ2v) is 12.6. The molecule has 0 spiro atoms. The van der Waals surface area contributed by atoms with Gasteiger partial charge in [0.2, 0.25) is 0 Å². The van der Waals surface area contributed by atoms with Crippen molar-refractivity contribution in [2.24, 2.45) is 0 Å². The number of benzene rings is 9. The van der Waals surface area contributed by atoms with E-state index < -0.39 is 0 Å². The molecule has 2 heteroatoms. The highest BCUT2D eigenvalue weighted by Gasteiger charge is 2.20. The van der Waals surface area contributed by atoms with Crippen LogP contribution in [0.3, 0.4) is 0 Å². The van der Waals surface area contributed by atoms with Gasteiger partial charge in [-0.05, 0) is 97.4 Å². The van der Waals surface area contributed by atoms with E-state index in [1.807, 2.05) is 0 Å². The Morgan fingerprint density at radius 3 is 1.75 bits per heavy atom. The van der Waals surface area contributed by atoms with Crippen molar-refractivity contribution in [2.75, 3.05) is 4.90 Å². The molecule has 1 heterocycles. The maximum absolute atomic E-state index is 6.42. The number of rotatable bonds is 4. The first kappa shape index (κ1) is 26.8. The molecule has 0 saturated heterocycles. The van der Waals surface area contributed by atoms with E-state index in [0.29, 0.717) is 0 Å². The van der Waals surface area contributed by atoms with Crippen molar-refractivity contribution < 1.29 is 4.42 Å². The van der Waals surface area contributed by atoms with Crippen LogP contribution in [-0.4, -0.2) is 0 Å². The summed E-state index contributed by atoms with van der Waals surface area (Å²) < 4.78 is 6.42. The van der Waals surface area contributed by atoms with Gasteiger partial charge in [-0.1, -0.05) is 127 Å². The highest BCUT2D eigenvalue weighted by molar-refractivity contribution is 6.24.